The van der Waals surface area contributed by atoms with Crippen molar-refractivity contribution in [2.24, 2.45) is 0 Å². The van der Waals surface area contributed by atoms with Crippen LogP contribution >= 0.6 is 0 Å². The molecule has 1 aromatic heterocycles. The summed E-state index contributed by atoms with van der Waals surface area (Å²) in [4.78, 5) is 0. The summed E-state index contributed by atoms with van der Waals surface area (Å²) < 4.78 is 5.15. The van der Waals surface area contributed by atoms with E-state index in [0.29, 0.717) is 11.5 Å². The van der Waals surface area contributed by atoms with E-state index in [2.05, 4.69) is 18.1 Å². The van der Waals surface area contributed by atoms with Gasteiger partial charge in [0.2, 0.25) is 0 Å². The Morgan fingerprint density at radius 2 is 2.07 bits per heavy atom. The first-order valence-electron chi connectivity index (χ1n) is 4.85. The van der Waals surface area contributed by atoms with Gasteiger partial charge in [-0.1, -0.05) is 28.9 Å². The summed E-state index contributed by atoms with van der Waals surface area (Å²) in [6.07, 6.45) is 0. The van der Waals surface area contributed by atoms with Crippen molar-refractivity contribution in [3.8, 4) is 11.3 Å². The van der Waals surface area contributed by atoms with Crippen LogP contribution in [0.1, 0.15) is 16.8 Å². The highest BCUT2D eigenvalue weighted by atomic mass is 16.5. The molecule has 3 nitrogen and oxygen atoms in total. The Morgan fingerprint density at radius 3 is 2.67 bits per heavy atom. The molecule has 1 heterocycles. The Morgan fingerprint density at radius 1 is 1.27 bits per heavy atom. The second-order valence-electron chi connectivity index (χ2n) is 3.66. The van der Waals surface area contributed by atoms with Gasteiger partial charge in [0.1, 0.15) is 5.69 Å². The quantitative estimate of drug-likeness (QED) is 0.815. The van der Waals surface area contributed by atoms with Crippen molar-refractivity contribution in [3.63, 3.8) is 0 Å². The van der Waals surface area contributed by atoms with Crippen molar-refractivity contribution in [1.82, 2.24) is 5.16 Å². The number of hydrogen-bond donors (Lipinski definition) is 1. The first kappa shape index (κ1) is 9.93. The summed E-state index contributed by atoms with van der Waals surface area (Å²) >= 11 is 0. The van der Waals surface area contributed by atoms with E-state index < -0.39 is 0 Å². The molecule has 0 radical (unpaired) electrons. The van der Waals surface area contributed by atoms with E-state index in [0.717, 1.165) is 11.1 Å². The maximum absolute atomic E-state index is 8.89. The molecule has 0 aliphatic heterocycles. The van der Waals surface area contributed by atoms with Crippen LogP contribution in [-0.4, -0.2) is 10.3 Å². The van der Waals surface area contributed by atoms with Crippen LogP contribution in [0.2, 0.25) is 0 Å². The molecule has 1 N–H and O–H groups in total. The lowest BCUT2D eigenvalue weighted by molar-refractivity contribution is 0.267. The van der Waals surface area contributed by atoms with E-state index >= 15 is 0 Å². The van der Waals surface area contributed by atoms with Crippen molar-refractivity contribution in [2.45, 2.75) is 20.5 Å². The lowest BCUT2D eigenvalue weighted by atomic mass is 10.0. The van der Waals surface area contributed by atoms with E-state index in [4.69, 9.17) is 9.63 Å². The molecule has 0 amide bonds. The van der Waals surface area contributed by atoms with Crippen LogP contribution in [0.25, 0.3) is 11.3 Å². The summed E-state index contributed by atoms with van der Waals surface area (Å²) in [5, 5.41) is 12.6. The first-order valence-corrected chi connectivity index (χ1v) is 4.85. The minimum absolute atomic E-state index is 0.0889. The van der Waals surface area contributed by atoms with Gasteiger partial charge in [-0.15, -0.1) is 0 Å². The molecule has 1 aromatic carbocycles. The molecule has 0 aliphatic carbocycles. The second kappa shape index (κ2) is 3.87. The molecular weight excluding hydrogens is 190 g/mol. The van der Waals surface area contributed by atoms with Crippen LogP contribution in [-0.2, 0) is 6.61 Å². The number of aliphatic hydroxyl groups is 1. The fourth-order valence-electron chi connectivity index (χ4n) is 1.60. The third-order valence-corrected chi connectivity index (χ3v) is 2.37. The summed E-state index contributed by atoms with van der Waals surface area (Å²) in [5.41, 5.74) is 3.95. The topological polar surface area (TPSA) is 46.3 Å². The Hall–Kier alpha value is -1.61. The van der Waals surface area contributed by atoms with Gasteiger partial charge in [0.25, 0.3) is 0 Å². The van der Waals surface area contributed by atoms with Crippen molar-refractivity contribution >= 4 is 0 Å². The largest absolute Gasteiger partial charge is 0.390 e. The highest BCUT2D eigenvalue weighted by Gasteiger charge is 2.08. The zero-order valence-corrected chi connectivity index (χ0v) is 8.82. The van der Waals surface area contributed by atoms with Gasteiger partial charge >= 0.3 is 0 Å². The van der Waals surface area contributed by atoms with E-state index in [9.17, 15) is 0 Å². The van der Waals surface area contributed by atoms with Gasteiger partial charge in [0, 0.05) is 11.6 Å². The molecule has 0 fully saturated rings. The van der Waals surface area contributed by atoms with Crippen molar-refractivity contribution < 1.29 is 9.63 Å². The molecule has 2 aromatic rings. The summed E-state index contributed by atoms with van der Waals surface area (Å²) in [6.45, 7) is 3.99. The van der Waals surface area contributed by atoms with Gasteiger partial charge < -0.3 is 9.63 Å². The molecule has 3 heteroatoms. The fraction of sp³-hybridized carbons (Fsp3) is 0.250. The minimum atomic E-state index is -0.0889. The third-order valence-electron chi connectivity index (χ3n) is 2.37. The highest BCUT2D eigenvalue weighted by Crippen LogP contribution is 2.24. The number of aliphatic hydroxyl groups excluding tert-OH is 1. The van der Waals surface area contributed by atoms with Gasteiger partial charge in [0.05, 0.1) is 6.61 Å². The number of nitrogens with zero attached hydrogens (tertiary/aromatic N) is 1. The average Bonchev–Trinajstić information content (AvgIpc) is 2.66. The van der Waals surface area contributed by atoms with Gasteiger partial charge in [-0.3, -0.25) is 0 Å². The molecule has 0 saturated carbocycles. The average molecular weight is 203 g/mol. The van der Waals surface area contributed by atoms with Crippen molar-refractivity contribution in [2.75, 3.05) is 0 Å². The maximum atomic E-state index is 8.89. The predicted molar refractivity (Wildman–Crippen MR) is 57.3 cm³/mol. The SMILES string of the molecule is Cc1ccc(-c2cc(CO)no2)c(C)c1. The van der Waals surface area contributed by atoms with Crippen LogP contribution in [0, 0.1) is 13.8 Å². The normalized spacial score (nSPS) is 10.6. The molecule has 0 spiro atoms. The standard InChI is InChI=1S/C12H13NO2/c1-8-3-4-11(9(2)5-8)12-6-10(7-14)13-15-12/h3-6,14H,7H2,1-2H3. The number of benzene rings is 1. The van der Waals surface area contributed by atoms with Gasteiger partial charge in [-0.25, -0.2) is 0 Å². The first-order chi connectivity index (χ1) is 7.20. The minimum Gasteiger partial charge on any atom is -0.390 e. The number of aryl methyl sites for hydroxylation is 2. The molecule has 0 atom stereocenters. The smallest absolute Gasteiger partial charge is 0.167 e. The predicted octanol–water partition coefficient (Wildman–Crippen LogP) is 2.45. The third kappa shape index (κ3) is 1.92. The fourth-order valence-corrected chi connectivity index (χ4v) is 1.60. The lowest BCUT2D eigenvalue weighted by Crippen LogP contribution is -1.82. The Kier molecular flexibility index (Phi) is 2.56. The van der Waals surface area contributed by atoms with Crippen LogP contribution in [0.5, 0.6) is 0 Å². The molecule has 0 unspecified atom stereocenters. The van der Waals surface area contributed by atoms with Crippen molar-refractivity contribution in [1.29, 1.82) is 0 Å². The molecule has 0 aliphatic rings. The van der Waals surface area contributed by atoms with Gasteiger partial charge in [-0.2, -0.15) is 0 Å². The van der Waals surface area contributed by atoms with E-state index in [1.807, 2.05) is 19.1 Å². The van der Waals surface area contributed by atoms with Crippen LogP contribution in [0.3, 0.4) is 0 Å². The number of aromatic nitrogens is 1. The Bertz CT molecular complexity index is 474. The summed E-state index contributed by atoms with van der Waals surface area (Å²) in [5.74, 6) is 0.705. The molecular formula is C12H13NO2. The monoisotopic (exact) mass is 203 g/mol. The zero-order valence-electron chi connectivity index (χ0n) is 8.82. The maximum Gasteiger partial charge on any atom is 0.167 e. The molecule has 2 rings (SSSR count). The number of hydrogen-bond acceptors (Lipinski definition) is 3. The molecule has 0 bridgehead atoms. The van der Waals surface area contributed by atoms with Gasteiger partial charge in [0.15, 0.2) is 5.76 Å². The molecule has 78 valence electrons. The van der Waals surface area contributed by atoms with Crippen LogP contribution in [0.15, 0.2) is 28.8 Å². The van der Waals surface area contributed by atoms with E-state index in [1.54, 1.807) is 6.07 Å². The molecule has 0 saturated heterocycles. The van der Waals surface area contributed by atoms with Crippen LogP contribution in [0.4, 0.5) is 0 Å². The van der Waals surface area contributed by atoms with Crippen LogP contribution < -0.4 is 0 Å². The number of rotatable bonds is 2. The zero-order chi connectivity index (χ0) is 10.8. The Labute approximate surface area is 88.3 Å². The highest BCUT2D eigenvalue weighted by molar-refractivity contribution is 5.62. The Balaban J connectivity index is 2.44. The van der Waals surface area contributed by atoms with Gasteiger partial charge in [-0.05, 0) is 19.4 Å². The summed E-state index contributed by atoms with van der Waals surface area (Å²) in [6, 6.07) is 7.89. The second-order valence-corrected chi connectivity index (χ2v) is 3.66. The lowest BCUT2D eigenvalue weighted by Gasteiger charge is -2.01. The van der Waals surface area contributed by atoms with E-state index in [-0.39, 0.29) is 6.61 Å². The summed E-state index contributed by atoms with van der Waals surface area (Å²) in [7, 11) is 0. The van der Waals surface area contributed by atoms with E-state index in [1.165, 1.54) is 5.56 Å². The molecule has 15 heavy (non-hydrogen) atoms. The van der Waals surface area contributed by atoms with Crippen molar-refractivity contribution in [3.05, 3.63) is 41.1 Å².